The number of amides is 1. The Labute approximate surface area is 279 Å². The molecule has 46 heavy (non-hydrogen) atoms. The predicted octanol–water partition coefficient (Wildman–Crippen LogP) is 10.2. The van der Waals surface area contributed by atoms with Crippen molar-refractivity contribution in [2.75, 3.05) is 6.54 Å². The van der Waals surface area contributed by atoms with Crippen LogP contribution in [0.1, 0.15) is 136 Å². The summed E-state index contributed by atoms with van der Waals surface area (Å²) in [6, 6.07) is 7.56. The molecule has 4 fully saturated rings. The van der Waals surface area contributed by atoms with Gasteiger partial charge in [-0.3, -0.25) is 4.79 Å². The lowest BCUT2D eigenvalue weighted by Gasteiger charge is -2.72. The number of fused-ring (bicyclic) bond motifs is 7. The van der Waals surface area contributed by atoms with E-state index in [1.54, 1.807) is 12.1 Å². The Hall–Kier alpha value is -2.36. The van der Waals surface area contributed by atoms with E-state index in [1.165, 1.54) is 42.4 Å². The second-order valence-electron chi connectivity index (χ2n) is 18.2. The monoisotopic (exact) mass is 627 g/mol. The Morgan fingerprint density at radius 3 is 2.24 bits per heavy atom. The minimum atomic E-state index is -0.870. The first-order chi connectivity index (χ1) is 21.5. The third-order valence-corrected chi connectivity index (χ3v) is 15.5. The highest BCUT2D eigenvalue weighted by atomic mass is 16.4. The fourth-order valence-electron chi connectivity index (χ4n) is 13.1. The Bertz CT molecular complexity index is 1420. The molecule has 0 saturated heterocycles. The summed E-state index contributed by atoms with van der Waals surface area (Å²) in [6.07, 6.45) is 13.9. The molecule has 0 bridgehead atoms. The van der Waals surface area contributed by atoms with E-state index >= 15 is 0 Å². The number of carboxylic acids is 1. The largest absolute Gasteiger partial charge is 0.478 e. The molecule has 1 unspecified atom stereocenters. The molecule has 5 aliphatic carbocycles. The number of rotatable bonds is 7. The lowest BCUT2D eigenvalue weighted by Crippen LogP contribution is -2.66. The van der Waals surface area contributed by atoms with Crippen LogP contribution < -0.4 is 5.32 Å². The number of aromatic carboxylic acids is 1. The average molecular weight is 628 g/mol. The summed E-state index contributed by atoms with van der Waals surface area (Å²) >= 11 is 0. The topological polar surface area (TPSA) is 66.4 Å². The number of nitrogens with one attached hydrogen (secondary N) is 1. The van der Waals surface area contributed by atoms with E-state index in [9.17, 15) is 14.7 Å². The highest BCUT2D eigenvalue weighted by molar-refractivity contribution is 5.88. The summed E-state index contributed by atoms with van der Waals surface area (Å²) in [5.74, 6) is 2.67. The van der Waals surface area contributed by atoms with Crippen molar-refractivity contribution in [2.24, 2.45) is 62.6 Å². The van der Waals surface area contributed by atoms with Gasteiger partial charge in [0.25, 0.3) is 0 Å². The summed E-state index contributed by atoms with van der Waals surface area (Å²) in [5, 5.41) is 12.9. The summed E-state index contributed by atoms with van der Waals surface area (Å²) in [7, 11) is 0. The lowest BCUT2D eigenvalue weighted by molar-refractivity contribution is -0.225. The van der Waals surface area contributed by atoms with Crippen LogP contribution in [-0.4, -0.2) is 23.5 Å². The van der Waals surface area contributed by atoms with Crippen molar-refractivity contribution in [3.63, 3.8) is 0 Å². The number of carboxylic acid groups (broad SMARTS) is 1. The molecule has 252 valence electrons. The maximum absolute atomic E-state index is 14.2. The zero-order valence-electron chi connectivity index (χ0n) is 30.1. The van der Waals surface area contributed by atoms with E-state index < -0.39 is 5.97 Å². The fraction of sp³-hybridized carbons (Fsp3) is 0.714. The number of carbonyl (C=O) groups excluding carboxylic acids is 1. The van der Waals surface area contributed by atoms with Gasteiger partial charge in [0.2, 0.25) is 5.91 Å². The van der Waals surface area contributed by atoms with Crippen LogP contribution in [0.5, 0.6) is 0 Å². The highest BCUT2D eigenvalue weighted by Crippen LogP contribution is 2.77. The van der Waals surface area contributed by atoms with Gasteiger partial charge in [0.15, 0.2) is 0 Å². The number of benzene rings is 1. The molecule has 4 saturated carbocycles. The second kappa shape index (κ2) is 11.4. The Morgan fingerprint density at radius 1 is 0.913 bits per heavy atom. The quantitative estimate of drug-likeness (QED) is 0.296. The standard InChI is InChI=1S/C42H61NO3/c1-26(2)19-25-43-37(46)42-22-16-30(27(3)4)35(42)32-14-15-34-39(7)20-17-31(28-10-12-29(13-11-28)36(44)45)38(5,6)33(39)18-21-41(34,9)40(32,8)23-24-42/h10-13,17,26,30,32-35H,3,14-16,18-25H2,1-2,4-9H3,(H,43,46)(H,44,45)/t30-,32+,33-,34?,35+,39-,40+,41+,42-/m0/s1. The van der Waals surface area contributed by atoms with Crippen LogP contribution in [0.2, 0.25) is 0 Å². The molecule has 5 aliphatic rings. The van der Waals surface area contributed by atoms with Gasteiger partial charge in [-0.2, -0.15) is 0 Å². The Morgan fingerprint density at radius 2 is 1.61 bits per heavy atom. The Kier molecular flexibility index (Phi) is 8.29. The van der Waals surface area contributed by atoms with E-state index in [0.29, 0.717) is 47.0 Å². The summed E-state index contributed by atoms with van der Waals surface area (Å²) in [6.45, 7) is 24.9. The molecule has 1 amide bonds. The first-order valence-corrected chi connectivity index (χ1v) is 18.5. The van der Waals surface area contributed by atoms with Gasteiger partial charge in [0, 0.05) is 6.54 Å². The van der Waals surface area contributed by atoms with Crippen molar-refractivity contribution in [1.82, 2.24) is 5.32 Å². The van der Waals surface area contributed by atoms with E-state index in [4.69, 9.17) is 0 Å². The van der Waals surface area contributed by atoms with Crippen molar-refractivity contribution in [1.29, 1.82) is 0 Å². The van der Waals surface area contributed by atoms with Crippen LogP contribution in [0.25, 0.3) is 5.57 Å². The van der Waals surface area contributed by atoms with Gasteiger partial charge in [-0.15, -0.1) is 0 Å². The SMILES string of the molecule is C=C(C)[C@@H]1CC[C@]2(C(=O)NCCC(C)C)CC[C@]3(C)[C@H](CCC4[C@@]5(C)CC=C(c6ccc(C(=O)O)cc6)C(C)(C)[C@@H]5CC[C@]43C)[C@@H]12. The molecule has 0 aliphatic heterocycles. The molecule has 0 heterocycles. The van der Waals surface area contributed by atoms with E-state index in [2.05, 4.69) is 73.4 Å². The second-order valence-corrected chi connectivity index (χ2v) is 18.2. The van der Waals surface area contributed by atoms with Crippen molar-refractivity contribution < 1.29 is 14.7 Å². The molecule has 6 rings (SSSR count). The number of allylic oxidation sites excluding steroid dienone is 3. The Balaban J connectivity index is 1.33. The molecular formula is C42H61NO3. The van der Waals surface area contributed by atoms with E-state index in [0.717, 1.165) is 45.1 Å². The van der Waals surface area contributed by atoms with Gasteiger partial charge in [-0.25, -0.2) is 4.79 Å². The number of carbonyl (C=O) groups is 2. The van der Waals surface area contributed by atoms with E-state index in [1.807, 2.05) is 12.1 Å². The summed E-state index contributed by atoms with van der Waals surface area (Å²) in [4.78, 5) is 25.8. The van der Waals surface area contributed by atoms with Gasteiger partial charge < -0.3 is 10.4 Å². The molecule has 9 atom stereocenters. The smallest absolute Gasteiger partial charge is 0.335 e. The van der Waals surface area contributed by atoms with Crippen LogP contribution in [-0.2, 0) is 4.79 Å². The van der Waals surface area contributed by atoms with Crippen LogP contribution >= 0.6 is 0 Å². The van der Waals surface area contributed by atoms with Crippen molar-refractivity contribution in [3.8, 4) is 0 Å². The zero-order chi connectivity index (χ0) is 33.4. The highest BCUT2D eigenvalue weighted by Gasteiger charge is 2.71. The molecule has 4 nitrogen and oxygen atoms in total. The van der Waals surface area contributed by atoms with Gasteiger partial charge in [0.1, 0.15) is 0 Å². The predicted molar refractivity (Wildman–Crippen MR) is 188 cm³/mol. The lowest BCUT2D eigenvalue weighted by atomic mass is 9.32. The number of hydrogen-bond acceptors (Lipinski definition) is 2. The van der Waals surface area contributed by atoms with Crippen LogP contribution in [0.15, 0.2) is 42.5 Å². The zero-order valence-corrected chi connectivity index (χ0v) is 30.1. The molecule has 0 spiro atoms. The molecule has 0 aromatic heterocycles. The summed E-state index contributed by atoms with van der Waals surface area (Å²) < 4.78 is 0. The molecular weight excluding hydrogens is 566 g/mol. The fourth-order valence-corrected chi connectivity index (χ4v) is 13.1. The van der Waals surface area contributed by atoms with Gasteiger partial charge >= 0.3 is 5.97 Å². The average Bonchev–Trinajstić information content (AvgIpc) is 3.38. The molecule has 1 aromatic rings. The first-order valence-electron chi connectivity index (χ1n) is 18.5. The molecule has 1 aromatic carbocycles. The van der Waals surface area contributed by atoms with E-state index in [-0.39, 0.29) is 27.1 Å². The van der Waals surface area contributed by atoms with Crippen LogP contribution in [0.3, 0.4) is 0 Å². The molecule has 4 heteroatoms. The first kappa shape index (κ1) is 33.5. The normalized spacial score (nSPS) is 41.0. The van der Waals surface area contributed by atoms with Crippen LogP contribution in [0.4, 0.5) is 0 Å². The maximum atomic E-state index is 14.2. The van der Waals surface area contributed by atoms with Crippen molar-refractivity contribution in [3.05, 3.63) is 53.6 Å². The minimum Gasteiger partial charge on any atom is -0.478 e. The summed E-state index contributed by atoms with van der Waals surface area (Å²) in [5.41, 5.74) is 4.60. The van der Waals surface area contributed by atoms with Crippen molar-refractivity contribution >= 4 is 17.4 Å². The third kappa shape index (κ3) is 4.73. The minimum absolute atomic E-state index is 0.00309. The van der Waals surface area contributed by atoms with Gasteiger partial charge in [-0.05, 0) is 152 Å². The molecule has 0 radical (unpaired) electrons. The van der Waals surface area contributed by atoms with Gasteiger partial charge in [0.05, 0.1) is 11.0 Å². The van der Waals surface area contributed by atoms with Gasteiger partial charge in [-0.1, -0.05) is 78.8 Å². The van der Waals surface area contributed by atoms with Crippen LogP contribution in [0, 0.1) is 62.6 Å². The maximum Gasteiger partial charge on any atom is 0.335 e. The molecule has 2 N–H and O–H groups in total. The third-order valence-electron chi connectivity index (χ3n) is 15.5. The number of hydrogen-bond donors (Lipinski definition) is 2. The van der Waals surface area contributed by atoms with Crippen molar-refractivity contribution in [2.45, 2.75) is 120 Å².